The summed E-state index contributed by atoms with van der Waals surface area (Å²) in [4.78, 5) is 27.7. The number of carbonyl (C=O) groups excluding carboxylic acids is 2. The number of nitrogens with zero attached hydrogens (tertiary/aromatic N) is 1. The number of carbonyl (C=O) groups is 2. The molecule has 0 bridgehead atoms. The summed E-state index contributed by atoms with van der Waals surface area (Å²) >= 11 is 0. The topological polar surface area (TPSA) is 58.6 Å². The lowest BCUT2D eigenvalue weighted by molar-refractivity contribution is -0.137. The van der Waals surface area contributed by atoms with Gasteiger partial charge in [-0.15, -0.1) is 0 Å². The summed E-state index contributed by atoms with van der Waals surface area (Å²) in [6, 6.07) is 3.68. The predicted octanol–water partition coefficient (Wildman–Crippen LogP) is 3.73. The molecule has 0 aromatic heterocycles. The van der Waals surface area contributed by atoms with E-state index in [0.717, 1.165) is 37.8 Å². The molecule has 3 atom stereocenters. The third-order valence-electron chi connectivity index (χ3n) is 6.07. The highest BCUT2D eigenvalue weighted by Gasteiger charge is 2.54. The Kier molecular flexibility index (Phi) is 5.09. The third-order valence-corrected chi connectivity index (χ3v) is 6.07. The van der Waals surface area contributed by atoms with Crippen LogP contribution in [0, 0.1) is 5.92 Å². The molecule has 2 amide bonds. The first-order valence-corrected chi connectivity index (χ1v) is 10.1. The number of alkyl halides is 3. The average Bonchev–Trinajstić information content (AvgIpc) is 3.41. The van der Waals surface area contributed by atoms with Gasteiger partial charge < -0.3 is 10.1 Å². The molecule has 1 aromatic carbocycles. The fourth-order valence-electron chi connectivity index (χ4n) is 4.50. The van der Waals surface area contributed by atoms with E-state index in [1.165, 1.54) is 17.0 Å². The van der Waals surface area contributed by atoms with Crippen molar-refractivity contribution in [3.05, 3.63) is 35.4 Å². The molecule has 1 aromatic rings. The van der Waals surface area contributed by atoms with Gasteiger partial charge in [0.2, 0.25) is 5.91 Å². The second-order valence-corrected chi connectivity index (χ2v) is 8.51. The Morgan fingerprint density at radius 2 is 2.00 bits per heavy atom. The van der Waals surface area contributed by atoms with Crippen LogP contribution in [0.1, 0.15) is 61.4 Å². The maximum atomic E-state index is 13.4. The number of rotatable bonds is 3. The number of hydrogen-bond acceptors (Lipinski definition) is 3. The summed E-state index contributed by atoms with van der Waals surface area (Å²) in [6.45, 7) is 2.13. The van der Waals surface area contributed by atoms with Crippen molar-refractivity contribution in [2.24, 2.45) is 5.92 Å². The molecular weight excluding hydrogens is 385 g/mol. The second-order valence-electron chi connectivity index (χ2n) is 8.51. The first kappa shape index (κ1) is 20.2. The number of hydrogen-bond donors (Lipinski definition) is 1. The van der Waals surface area contributed by atoms with Gasteiger partial charge in [-0.05, 0) is 56.2 Å². The van der Waals surface area contributed by atoms with Crippen LogP contribution < -0.4 is 5.32 Å². The Hall–Kier alpha value is -2.09. The van der Waals surface area contributed by atoms with Gasteiger partial charge in [0.05, 0.1) is 12.2 Å². The molecule has 1 spiro atoms. The van der Waals surface area contributed by atoms with E-state index < -0.39 is 29.4 Å². The lowest BCUT2D eigenvalue weighted by Gasteiger charge is -2.43. The van der Waals surface area contributed by atoms with Crippen molar-refractivity contribution in [3.8, 4) is 0 Å². The fraction of sp³-hybridized carbons (Fsp3) is 0.619. The van der Waals surface area contributed by atoms with Crippen LogP contribution in [-0.4, -0.2) is 41.1 Å². The van der Waals surface area contributed by atoms with Gasteiger partial charge in [-0.3, -0.25) is 14.5 Å². The van der Waals surface area contributed by atoms with Gasteiger partial charge in [0.25, 0.3) is 5.91 Å². The monoisotopic (exact) mass is 410 g/mol. The third kappa shape index (κ3) is 3.99. The van der Waals surface area contributed by atoms with Crippen molar-refractivity contribution in [3.63, 3.8) is 0 Å². The van der Waals surface area contributed by atoms with Crippen LogP contribution in [0.5, 0.6) is 0 Å². The van der Waals surface area contributed by atoms with Crippen LogP contribution >= 0.6 is 0 Å². The minimum absolute atomic E-state index is 0.0655. The van der Waals surface area contributed by atoms with E-state index in [2.05, 4.69) is 12.2 Å². The maximum absolute atomic E-state index is 13.4. The number of benzene rings is 1. The van der Waals surface area contributed by atoms with Gasteiger partial charge in [0, 0.05) is 11.6 Å². The summed E-state index contributed by atoms with van der Waals surface area (Å²) in [5.74, 6) is -0.577. The molecule has 29 heavy (non-hydrogen) atoms. The molecule has 0 radical (unpaired) electrons. The summed E-state index contributed by atoms with van der Waals surface area (Å²) in [7, 11) is 0. The molecule has 3 aliphatic rings. The molecule has 8 heteroatoms. The summed E-state index contributed by atoms with van der Waals surface area (Å²) in [5.41, 5.74) is -1.89. The predicted molar refractivity (Wildman–Crippen MR) is 98.9 cm³/mol. The number of nitrogens with one attached hydrogen (secondary N) is 1. The van der Waals surface area contributed by atoms with Crippen molar-refractivity contribution in [1.29, 1.82) is 0 Å². The lowest BCUT2D eigenvalue weighted by Crippen LogP contribution is -2.57. The summed E-state index contributed by atoms with van der Waals surface area (Å²) < 4.78 is 45.5. The zero-order valence-electron chi connectivity index (χ0n) is 16.3. The van der Waals surface area contributed by atoms with Gasteiger partial charge in [-0.1, -0.05) is 19.4 Å². The Bertz CT molecular complexity index is 809. The molecule has 158 valence electrons. The highest BCUT2D eigenvalue weighted by atomic mass is 19.4. The van der Waals surface area contributed by atoms with Crippen LogP contribution in [-0.2, 0) is 15.7 Å². The van der Waals surface area contributed by atoms with E-state index in [4.69, 9.17) is 4.74 Å². The molecule has 1 saturated heterocycles. The quantitative estimate of drug-likeness (QED) is 0.826. The van der Waals surface area contributed by atoms with Gasteiger partial charge >= 0.3 is 6.18 Å². The van der Waals surface area contributed by atoms with Gasteiger partial charge in [0.15, 0.2) is 0 Å². The van der Waals surface area contributed by atoms with E-state index in [0.29, 0.717) is 18.8 Å². The Morgan fingerprint density at radius 3 is 2.66 bits per heavy atom. The van der Waals surface area contributed by atoms with Crippen LogP contribution in [0.3, 0.4) is 0 Å². The van der Waals surface area contributed by atoms with Gasteiger partial charge in [-0.25, -0.2) is 0 Å². The van der Waals surface area contributed by atoms with Crippen LogP contribution in [0.15, 0.2) is 24.3 Å². The lowest BCUT2D eigenvalue weighted by atomic mass is 9.83. The molecule has 5 nitrogen and oxygen atoms in total. The van der Waals surface area contributed by atoms with E-state index in [9.17, 15) is 22.8 Å². The van der Waals surface area contributed by atoms with Crippen molar-refractivity contribution in [1.82, 2.24) is 10.2 Å². The fourth-order valence-corrected chi connectivity index (χ4v) is 4.50. The summed E-state index contributed by atoms with van der Waals surface area (Å²) in [5, 5.41) is 2.91. The Labute approximate surface area is 167 Å². The number of ether oxygens (including phenoxy) is 1. The molecule has 1 heterocycles. The Morgan fingerprint density at radius 1 is 1.24 bits per heavy atom. The van der Waals surface area contributed by atoms with E-state index in [1.54, 1.807) is 0 Å². The first-order chi connectivity index (χ1) is 13.7. The Balaban J connectivity index is 1.68. The normalized spacial score (nSPS) is 29.9. The number of halogens is 3. The van der Waals surface area contributed by atoms with Crippen LogP contribution in [0.4, 0.5) is 13.2 Å². The molecule has 4 rings (SSSR count). The van der Waals surface area contributed by atoms with Crippen molar-refractivity contribution >= 4 is 11.8 Å². The van der Waals surface area contributed by atoms with Crippen molar-refractivity contribution in [2.75, 3.05) is 6.61 Å². The van der Waals surface area contributed by atoms with E-state index >= 15 is 0 Å². The van der Waals surface area contributed by atoms with Crippen LogP contribution in [0.2, 0.25) is 0 Å². The largest absolute Gasteiger partial charge is 0.416 e. The minimum Gasteiger partial charge on any atom is -0.353 e. The van der Waals surface area contributed by atoms with E-state index in [-0.39, 0.29) is 24.1 Å². The molecule has 2 saturated carbocycles. The zero-order valence-corrected chi connectivity index (χ0v) is 16.3. The molecule has 3 unspecified atom stereocenters. The zero-order chi connectivity index (χ0) is 20.8. The SMILES string of the molecule is CC1CCCC2(C1)OCC(C(=O)NC1CC1)N2C(=O)c1cccc(C(F)(F)F)c1. The molecule has 3 fully saturated rings. The first-order valence-electron chi connectivity index (χ1n) is 10.1. The van der Waals surface area contributed by atoms with E-state index in [1.807, 2.05) is 0 Å². The number of amides is 2. The molecule has 1 N–H and O–H groups in total. The van der Waals surface area contributed by atoms with Gasteiger partial charge in [-0.2, -0.15) is 13.2 Å². The van der Waals surface area contributed by atoms with Crippen molar-refractivity contribution < 1.29 is 27.5 Å². The maximum Gasteiger partial charge on any atom is 0.416 e. The standard InChI is InChI=1S/C21H25F3N2O3/c1-13-4-3-9-20(11-13)26(17(12-29-20)18(27)25-16-7-8-16)19(28)14-5-2-6-15(10-14)21(22,23)24/h2,5-6,10,13,16-17H,3-4,7-9,11-12H2,1H3,(H,25,27). The smallest absolute Gasteiger partial charge is 0.353 e. The molecule has 1 aliphatic heterocycles. The minimum atomic E-state index is -4.54. The second kappa shape index (κ2) is 7.31. The summed E-state index contributed by atoms with van der Waals surface area (Å²) in [6.07, 6.45) is 0.254. The molecular formula is C21H25F3N2O3. The highest BCUT2D eigenvalue weighted by molar-refractivity contribution is 5.98. The highest BCUT2D eigenvalue weighted by Crippen LogP contribution is 2.44. The molecule has 2 aliphatic carbocycles. The van der Waals surface area contributed by atoms with Gasteiger partial charge in [0.1, 0.15) is 11.8 Å². The van der Waals surface area contributed by atoms with Crippen molar-refractivity contribution in [2.45, 2.75) is 69.4 Å². The average molecular weight is 410 g/mol. The van der Waals surface area contributed by atoms with Crippen LogP contribution in [0.25, 0.3) is 0 Å².